The molecule has 1 aliphatic rings. The van der Waals surface area contributed by atoms with Gasteiger partial charge in [0.15, 0.2) is 5.16 Å². The van der Waals surface area contributed by atoms with Crippen molar-refractivity contribution in [3.63, 3.8) is 0 Å². The molecule has 17 heavy (non-hydrogen) atoms. The first-order valence-electron chi connectivity index (χ1n) is 6.13. The smallest absolute Gasteiger partial charge is 0.191 e. The first-order valence-corrected chi connectivity index (χ1v) is 7.36. The van der Waals surface area contributed by atoms with Crippen LogP contribution in [0.15, 0.2) is 11.2 Å². The van der Waals surface area contributed by atoms with Crippen molar-refractivity contribution in [3.05, 3.63) is 6.07 Å². The molecule has 2 unspecified atom stereocenters. The van der Waals surface area contributed by atoms with Crippen LogP contribution >= 0.6 is 11.8 Å². The van der Waals surface area contributed by atoms with Gasteiger partial charge in [-0.25, -0.2) is 9.97 Å². The van der Waals surface area contributed by atoms with Gasteiger partial charge in [-0.1, -0.05) is 18.7 Å². The molecular formula is C12H20N4S. The predicted octanol–water partition coefficient (Wildman–Crippen LogP) is 2.70. The van der Waals surface area contributed by atoms with E-state index < -0.39 is 0 Å². The van der Waals surface area contributed by atoms with Crippen LogP contribution in [0.25, 0.3) is 0 Å². The molecule has 2 atom stereocenters. The van der Waals surface area contributed by atoms with Gasteiger partial charge in [0, 0.05) is 19.2 Å². The number of anilines is 2. The van der Waals surface area contributed by atoms with E-state index in [1.807, 2.05) is 12.3 Å². The van der Waals surface area contributed by atoms with E-state index >= 15 is 0 Å². The molecule has 94 valence electrons. The Morgan fingerprint density at radius 1 is 1.35 bits per heavy atom. The van der Waals surface area contributed by atoms with E-state index in [2.05, 4.69) is 34.4 Å². The third-order valence-electron chi connectivity index (χ3n) is 3.07. The van der Waals surface area contributed by atoms with Crippen LogP contribution in [-0.4, -0.2) is 29.3 Å². The Hall–Kier alpha value is -0.970. The van der Waals surface area contributed by atoms with Crippen molar-refractivity contribution in [2.75, 3.05) is 30.0 Å². The fraction of sp³-hybridized carbons (Fsp3) is 0.667. The van der Waals surface area contributed by atoms with E-state index in [4.69, 9.17) is 0 Å². The monoisotopic (exact) mass is 252 g/mol. The first kappa shape index (κ1) is 12.5. The van der Waals surface area contributed by atoms with Crippen LogP contribution in [-0.2, 0) is 0 Å². The molecule has 0 aromatic carbocycles. The Balaban J connectivity index is 2.00. The Bertz CT molecular complexity index is 383. The third kappa shape index (κ3) is 3.49. The van der Waals surface area contributed by atoms with Gasteiger partial charge < -0.3 is 10.6 Å². The van der Waals surface area contributed by atoms with Crippen LogP contribution in [0.2, 0.25) is 0 Å². The topological polar surface area (TPSA) is 49.8 Å². The lowest BCUT2D eigenvalue weighted by Gasteiger charge is -2.09. The molecule has 1 fully saturated rings. The highest BCUT2D eigenvalue weighted by atomic mass is 32.2. The number of nitrogens with zero attached hydrogens (tertiary/aromatic N) is 2. The molecule has 2 rings (SSSR count). The van der Waals surface area contributed by atoms with Crippen molar-refractivity contribution in [3.8, 4) is 0 Å². The van der Waals surface area contributed by atoms with Crippen molar-refractivity contribution < 1.29 is 0 Å². The minimum absolute atomic E-state index is 0.815. The summed E-state index contributed by atoms with van der Waals surface area (Å²) in [6, 6.07) is 1.98. The molecule has 1 aliphatic carbocycles. The van der Waals surface area contributed by atoms with Gasteiger partial charge in [0.05, 0.1) is 0 Å². The number of thioether (sulfide) groups is 1. The summed E-state index contributed by atoms with van der Waals surface area (Å²) >= 11 is 1.57. The molecule has 1 saturated carbocycles. The molecule has 0 saturated heterocycles. The second-order valence-corrected chi connectivity index (χ2v) is 5.28. The summed E-state index contributed by atoms with van der Waals surface area (Å²) in [5, 5.41) is 7.45. The van der Waals surface area contributed by atoms with Crippen molar-refractivity contribution in [1.29, 1.82) is 0 Å². The summed E-state index contributed by atoms with van der Waals surface area (Å²) in [7, 11) is 0. The van der Waals surface area contributed by atoms with Gasteiger partial charge in [0.1, 0.15) is 11.6 Å². The van der Waals surface area contributed by atoms with E-state index in [0.717, 1.165) is 41.7 Å². The van der Waals surface area contributed by atoms with Crippen LogP contribution in [0.1, 0.15) is 20.3 Å². The molecule has 2 N–H and O–H groups in total. The molecule has 4 nitrogen and oxygen atoms in total. The van der Waals surface area contributed by atoms with Crippen molar-refractivity contribution in [2.24, 2.45) is 11.8 Å². The molecule has 0 amide bonds. The fourth-order valence-corrected chi connectivity index (χ4v) is 2.18. The highest BCUT2D eigenvalue weighted by Gasteiger charge is 2.31. The van der Waals surface area contributed by atoms with Gasteiger partial charge in [0.25, 0.3) is 0 Å². The maximum Gasteiger partial charge on any atom is 0.191 e. The van der Waals surface area contributed by atoms with Crippen LogP contribution < -0.4 is 10.6 Å². The second-order valence-electron chi connectivity index (χ2n) is 4.51. The average molecular weight is 252 g/mol. The Morgan fingerprint density at radius 2 is 2.00 bits per heavy atom. The highest BCUT2D eigenvalue weighted by molar-refractivity contribution is 7.98. The second kappa shape index (κ2) is 5.58. The lowest BCUT2D eigenvalue weighted by atomic mass is 10.3. The number of hydrogen-bond donors (Lipinski definition) is 2. The van der Waals surface area contributed by atoms with Gasteiger partial charge in [0.2, 0.25) is 0 Å². The Kier molecular flexibility index (Phi) is 4.10. The fourth-order valence-electron chi connectivity index (χ4n) is 1.80. The van der Waals surface area contributed by atoms with Crippen LogP contribution in [0.3, 0.4) is 0 Å². The van der Waals surface area contributed by atoms with Gasteiger partial charge in [-0.3, -0.25) is 0 Å². The van der Waals surface area contributed by atoms with Gasteiger partial charge in [-0.05, 0) is 31.4 Å². The number of rotatable bonds is 6. The molecular weight excluding hydrogens is 232 g/mol. The molecule has 0 bridgehead atoms. The number of hydrogen-bond acceptors (Lipinski definition) is 5. The Morgan fingerprint density at radius 3 is 2.53 bits per heavy atom. The van der Waals surface area contributed by atoms with Crippen LogP contribution in [0.5, 0.6) is 0 Å². The van der Waals surface area contributed by atoms with E-state index in [0.29, 0.717) is 0 Å². The normalized spacial score (nSPS) is 22.3. The van der Waals surface area contributed by atoms with E-state index in [1.54, 1.807) is 11.8 Å². The van der Waals surface area contributed by atoms with Gasteiger partial charge in [-0.15, -0.1) is 0 Å². The summed E-state index contributed by atoms with van der Waals surface area (Å²) in [5.74, 6) is 3.53. The van der Waals surface area contributed by atoms with E-state index in [9.17, 15) is 0 Å². The van der Waals surface area contributed by atoms with E-state index in [-0.39, 0.29) is 0 Å². The summed E-state index contributed by atoms with van der Waals surface area (Å²) in [6.07, 6.45) is 3.34. The molecule has 0 spiro atoms. The lowest BCUT2D eigenvalue weighted by Crippen LogP contribution is -2.08. The zero-order chi connectivity index (χ0) is 12.3. The zero-order valence-electron chi connectivity index (χ0n) is 10.7. The first-order chi connectivity index (χ1) is 8.22. The van der Waals surface area contributed by atoms with Crippen molar-refractivity contribution >= 4 is 23.4 Å². The molecule has 1 aromatic heterocycles. The van der Waals surface area contributed by atoms with Crippen LogP contribution in [0.4, 0.5) is 11.6 Å². The average Bonchev–Trinajstić information content (AvgIpc) is 3.03. The molecule has 1 aromatic rings. The summed E-state index contributed by atoms with van der Waals surface area (Å²) in [5.41, 5.74) is 0. The summed E-state index contributed by atoms with van der Waals surface area (Å²) in [6.45, 7) is 6.27. The van der Waals surface area contributed by atoms with Gasteiger partial charge >= 0.3 is 0 Å². The van der Waals surface area contributed by atoms with E-state index in [1.165, 1.54) is 6.42 Å². The number of aromatic nitrogens is 2. The SMILES string of the molecule is CCNc1cc(NCC2CC2C)nc(SC)n1. The zero-order valence-corrected chi connectivity index (χ0v) is 11.5. The molecule has 0 aliphatic heterocycles. The minimum Gasteiger partial charge on any atom is -0.370 e. The third-order valence-corrected chi connectivity index (χ3v) is 3.62. The standard InChI is InChI=1S/C12H20N4S/c1-4-13-10-6-11(16-12(15-10)17-3)14-7-9-5-8(9)2/h6,8-9H,4-5,7H2,1-3H3,(H2,13,14,15,16). The summed E-state index contributed by atoms with van der Waals surface area (Å²) in [4.78, 5) is 8.86. The maximum absolute atomic E-state index is 4.46. The largest absolute Gasteiger partial charge is 0.370 e. The summed E-state index contributed by atoms with van der Waals surface area (Å²) < 4.78 is 0. The quantitative estimate of drug-likeness (QED) is 0.602. The van der Waals surface area contributed by atoms with Crippen LogP contribution in [0, 0.1) is 11.8 Å². The van der Waals surface area contributed by atoms with Gasteiger partial charge in [-0.2, -0.15) is 0 Å². The minimum atomic E-state index is 0.815. The maximum atomic E-state index is 4.46. The van der Waals surface area contributed by atoms with Crippen molar-refractivity contribution in [2.45, 2.75) is 25.4 Å². The molecule has 0 radical (unpaired) electrons. The predicted molar refractivity (Wildman–Crippen MR) is 73.7 cm³/mol. The number of nitrogens with one attached hydrogen (secondary N) is 2. The Labute approximate surface area is 107 Å². The molecule has 5 heteroatoms. The highest BCUT2D eigenvalue weighted by Crippen LogP contribution is 2.37. The molecule has 1 heterocycles. The van der Waals surface area contributed by atoms with Crippen molar-refractivity contribution in [1.82, 2.24) is 9.97 Å². The lowest BCUT2D eigenvalue weighted by molar-refractivity contribution is 0.781.